The Morgan fingerprint density at radius 2 is 1.83 bits per heavy atom. The van der Waals surface area contributed by atoms with Gasteiger partial charge in [0.05, 0.1) is 5.92 Å². The van der Waals surface area contributed by atoms with E-state index < -0.39 is 0 Å². The number of nitrogens with zero attached hydrogens (tertiary/aromatic N) is 1. The smallest absolute Gasteiger partial charge is 0.227 e. The summed E-state index contributed by atoms with van der Waals surface area (Å²) in [5.41, 5.74) is 6.19. The van der Waals surface area contributed by atoms with Crippen LogP contribution < -0.4 is 5.73 Å². The number of amides is 1. The number of carbonyl (C=O) groups is 1. The summed E-state index contributed by atoms with van der Waals surface area (Å²) >= 11 is 0. The van der Waals surface area contributed by atoms with Crippen LogP contribution in [-0.4, -0.2) is 30.4 Å². The monoisotopic (exact) mass is 254 g/mol. The van der Waals surface area contributed by atoms with E-state index in [2.05, 4.69) is 27.7 Å². The van der Waals surface area contributed by atoms with Crippen LogP contribution in [0.5, 0.6) is 0 Å². The summed E-state index contributed by atoms with van der Waals surface area (Å²) in [7, 11) is 1.95. The highest BCUT2D eigenvalue weighted by atomic mass is 16.2. The minimum absolute atomic E-state index is 0.0232. The summed E-state index contributed by atoms with van der Waals surface area (Å²) in [6, 6.07) is 0.415. The van der Waals surface area contributed by atoms with Crippen molar-refractivity contribution in [2.75, 3.05) is 13.6 Å². The Kier molecular flexibility index (Phi) is 5.20. The van der Waals surface area contributed by atoms with Crippen molar-refractivity contribution in [3.63, 3.8) is 0 Å². The van der Waals surface area contributed by atoms with Gasteiger partial charge in [0.1, 0.15) is 0 Å². The molecule has 3 nitrogen and oxygen atoms in total. The first kappa shape index (κ1) is 15.5. The van der Waals surface area contributed by atoms with Gasteiger partial charge in [0, 0.05) is 19.6 Å². The van der Waals surface area contributed by atoms with Crippen LogP contribution in [0.15, 0.2) is 0 Å². The lowest BCUT2D eigenvalue weighted by atomic mass is 9.75. The highest BCUT2D eigenvalue weighted by molar-refractivity contribution is 5.79. The summed E-state index contributed by atoms with van der Waals surface area (Å²) in [6.45, 7) is 9.25. The third kappa shape index (κ3) is 3.71. The van der Waals surface area contributed by atoms with Crippen LogP contribution in [0.3, 0.4) is 0 Å². The molecular weight excluding hydrogens is 224 g/mol. The summed E-state index contributed by atoms with van der Waals surface area (Å²) in [4.78, 5) is 14.4. The van der Waals surface area contributed by atoms with Gasteiger partial charge in [0.15, 0.2) is 0 Å². The van der Waals surface area contributed by atoms with Gasteiger partial charge in [-0.25, -0.2) is 0 Å². The lowest BCUT2D eigenvalue weighted by molar-refractivity contribution is -0.138. The number of hydrogen-bond acceptors (Lipinski definition) is 2. The van der Waals surface area contributed by atoms with Crippen molar-refractivity contribution < 1.29 is 4.79 Å². The molecule has 0 heterocycles. The molecule has 1 rings (SSSR count). The van der Waals surface area contributed by atoms with Gasteiger partial charge < -0.3 is 10.6 Å². The molecule has 1 aliphatic carbocycles. The second-order valence-electron chi connectivity index (χ2n) is 6.93. The van der Waals surface area contributed by atoms with E-state index in [1.165, 1.54) is 12.8 Å². The third-order valence-electron chi connectivity index (χ3n) is 4.58. The summed E-state index contributed by atoms with van der Waals surface area (Å²) < 4.78 is 0. The highest BCUT2D eigenvalue weighted by Gasteiger charge is 2.33. The van der Waals surface area contributed by atoms with Gasteiger partial charge in [0.2, 0.25) is 5.91 Å². The van der Waals surface area contributed by atoms with Crippen LogP contribution in [0, 0.1) is 17.3 Å². The molecule has 0 aromatic heterocycles. The Hall–Kier alpha value is -0.570. The van der Waals surface area contributed by atoms with Crippen molar-refractivity contribution in [2.45, 2.75) is 59.4 Å². The fourth-order valence-electron chi connectivity index (χ4n) is 2.87. The Morgan fingerprint density at radius 1 is 1.33 bits per heavy atom. The first-order valence-corrected chi connectivity index (χ1v) is 7.25. The molecule has 18 heavy (non-hydrogen) atoms. The molecule has 0 spiro atoms. The average molecular weight is 254 g/mol. The number of hydrogen-bond donors (Lipinski definition) is 1. The quantitative estimate of drug-likeness (QED) is 0.838. The van der Waals surface area contributed by atoms with Crippen molar-refractivity contribution in [1.82, 2.24) is 4.90 Å². The van der Waals surface area contributed by atoms with Gasteiger partial charge in [0.25, 0.3) is 0 Å². The van der Waals surface area contributed by atoms with E-state index in [4.69, 9.17) is 5.73 Å². The van der Waals surface area contributed by atoms with Crippen molar-refractivity contribution in [2.24, 2.45) is 23.0 Å². The number of nitrogens with two attached hydrogens (primary N) is 1. The molecule has 1 aliphatic rings. The molecule has 1 amide bonds. The Balaban J connectivity index is 2.59. The molecule has 1 atom stereocenters. The van der Waals surface area contributed by atoms with Gasteiger partial charge in [-0.3, -0.25) is 4.79 Å². The third-order valence-corrected chi connectivity index (χ3v) is 4.58. The van der Waals surface area contributed by atoms with Gasteiger partial charge >= 0.3 is 0 Å². The summed E-state index contributed by atoms with van der Waals surface area (Å²) in [5, 5.41) is 0. The molecule has 0 aliphatic heterocycles. The lowest BCUT2D eigenvalue weighted by Gasteiger charge is -2.40. The summed E-state index contributed by atoms with van der Waals surface area (Å²) in [6.07, 6.45) is 4.68. The van der Waals surface area contributed by atoms with E-state index in [1.807, 2.05) is 11.9 Å². The zero-order valence-corrected chi connectivity index (χ0v) is 12.7. The summed E-state index contributed by atoms with van der Waals surface area (Å²) in [5.74, 6) is 0.534. The molecule has 1 saturated carbocycles. The second-order valence-corrected chi connectivity index (χ2v) is 6.93. The molecule has 0 saturated heterocycles. The number of rotatable bonds is 4. The first-order valence-electron chi connectivity index (χ1n) is 7.25. The SMILES string of the molecule is CC(C)C(CN)C(=O)N(C)C1CCC(C)(C)CC1. The van der Waals surface area contributed by atoms with E-state index in [-0.39, 0.29) is 11.8 Å². The van der Waals surface area contributed by atoms with E-state index >= 15 is 0 Å². The van der Waals surface area contributed by atoms with Crippen LogP contribution in [0.25, 0.3) is 0 Å². The molecular formula is C15H30N2O. The Labute approximate surface area is 112 Å². The molecule has 1 unspecified atom stereocenters. The van der Waals surface area contributed by atoms with Gasteiger partial charge in [-0.2, -0.15) is 0 Å². The van der Waals surface area contributed by atoms with Crippen LogP contribution >= 0.6 is 0 Å². The van der Waals surface area contributed by atoms with E-state index in [0.29, 0.717) is 23.9 Å². The Bertz CT molecular complexity index is 276. The highest BCUT2D eigenvalue weighted by Crippen LogP contribution is 2.37. The van der Waals surface area contributed by atoms with Gasteiger partial charge in [-0.05, 0) is 37.0 Å². The average Bonchev–Trinajstić information content (AvgIpc) is 2.28. The van der Waals surface area contributed by atoms with Crippen LogP contribution in [0.1, 0.15) is 53.4 Å². The molecule has 106 valence electrons. The maximum atomic E-state index is 12.4. The predicted molar refractivity (Wildman–Crippen MR) is 76.2 cm³/mol. The lowest BCUT2D eigenvalue weighted by Crippen LogP contribution is -2.46. The normalized spacial score (nSPS) is 21.9. The zero-order chi connectivity index (χ0) is 13.9. The molecule has 3 heteroatoms. The standard InChI is InChI=1S/C15H30N2O/c1-11(2)13(10-16)14(18)17(5)12-6-8-15(3,4)9-7-12/h11-13H,6-10,16H2,1-5H3. The Morgan fingerprint density at radius 3 is 2.22 bits per heavy atom. The van der Waals surface area contributed by atoms with Crippen molar-refractivity contribution >= 4 is 5.91 Å². The first-order chi connectivity index (χ1) is 8.28. The molecule has 0 bridgehead atoms. The predicted octanol–water partition coefficient (Wildman–Crippen LogP) is 2.64. The molecule has 1 fully saturated rings. The minimum Gasteiger partial charge on any atom is -0.342 e. The second kappa shape index (κ2) is 6.05. The minimum atomic E-state index is -0.0232. The zero-order valence-electron chi connectivity index (χ0n) is 12.7. The van der Waals surface area contributed by atoms with Crippen molar-refractivity contribution in [3.05, 3.63) is 0 Å². The molecule has 0 radical (unpaired) electrons. The largest absolute Gasteiger partial charge is 0.342 e. The topological polar surface area (TPSA) is 46.3 Å². The van der Waals surface area contributed by atoms with E-state index in [9.17, 15) is 4.79 Å². The maximum absolute atomic E-state index is 12.4. The van der Waals surface area contributed by atoms with Crippen molar-refractivity contribution in [3.8, 4) is 0 Å². The van der Waals surface area contributed by atoms with Crippen molar-refractivity contribution in [1.29, 1.82) is 0 Å². The fourth-order valence-corrected chi connectivity index (χ4v) is 2.87. The van der Waals surface area contributed by atoms with Gasteiger partial charge in [-0.15, -0.1) is 0 Å². The fraction of sp³-hybridized carbons (Fsp3) is 0.933. The van der Waals surface area contributed by atoms with Crippen LogP contribution in [0.2, 0.25) is 0 Å². The van der Waals surface area contributed by atoms with E-state index in [1.54, 1.807) is 0 Å². The molecule has 2 N–H and O–H groups in total. The van der Waals surface area contributed by atoms with E-state index in [0.717, 1.165) is 12.8 Å². The van der Waals surface area contributed by atoms with Crippen LogP contribution in [-0.2, 0) is 4.79 Å². The molecule has 0 aromatic carbocycles. The maximum Gasteiger partial charge on any atom is 0.227 e. The van der Waals surface area contributed by atoms with Gasteiger partial charge in [-0.1, -0.05) is 27.7 Å². The molecule has 0 aromatic rings. The number of carbonyl (C=O) groups excluding carboxylic acids is 1. The van der Waals surface area contributed by atoms with Crippen LogP contribution in [0.4, 0.5) is 0 Å².